The van der Waals surface area contributed by atoms with Crippen LogP contribution in [0.2, 0.25) is 0 Å². The third-order valence-electron chi connectivity index (χ3n) is 2.72. The van der Waals surface area contributed by atoms with E-state index in [1.54, 1.807) is 18.2 Å². The van der Waals surface area contributed by atoms with Crippen LogP contribution in [0.5, 0.6) is 11.5 Å². The fourth-order valence-electron chi connectivity index (χ4n) is 1.72. The van der Waals surface area contributed by atoms with E-state index in [2.05, 4.69) is 15.5 Å². The van der Waals surface area contributed by atoms with Gasteiger partial charge in [0.25, 0.3) is 0 Å². The molecule has 2 aromatic rings. The minimum atomic E-state index is -4.58. The lowest BCUT2D eigenvalue weighted by atomic mass is 10.2. The summed E-state index contributed by atoms with van der Waals surface area (Å²) in [6.07, 6.45) is -1.92. The Kier molecular flexibility index (Phi) is 3.90. The highest BCUT2D eigenvalue weighted by atomic mass is 32.1. The van der Waals surface area contributed by atoms with Crippen molar-refractivity contribution in [2.24, 2.45) is 0 Å². The molecular formula is C13H8F3N3O3S. The van der Waals surface area contributed by atoms with Crippen LogP contribution >= 0.6 is 11.3 Å². The number of aromatic nitrogens is 2. The molecule has 3 rings (SSSR count). The van der Waals surface area contributed by atoms with Gasteiger partial charge >= 0.3 is 6.18 Å². The molecule has 10 heteroatoms. The minimum Gasteiger partial charge on any atom is -0.454 e. The highest BCUT2D eigenvalue weighted by molar-refractivity contribution is 7.15. The van der Waals surface area contributed by atoms with E-state index >= 15 is 0 Å². The zero-order valence-electron chi connectivity index (χ0n) is 11.3. The number of anilines is 1. The lowest BCUT2D eigenvalue weighted by Crippen LogP contribution is -2.07. The number of carbonyl (C=O) groups excluding carboxylic acids is 1. The van der Waals surface area contributed by atoms with Crippen LogP contribution in [0, 0.1) is 0 Å². The molecule has 0 saturated carbocycles. The fourth-order valence-corrected chi connectivity index (χ4v) is 2.34. The number of hydrogen-bond donors (Lipinski definition) is 1. The summed E-state index contributed by atoms with van der Waals surface area (Å²) in [4.78, 5) is 11.7. The molecule has 1 aromatic carbocycles. The molecule has 120 valence electrons. The molecule has 1 aromatic heterocycles. The topological polar surface area (TPSA) is 73.3 Å². The Labute approximate surface area is 131 Å². The van der Waals surface area contributed by atoms with Gasteiger partial charge in [-0.3, -0.25) is 10.1 Å². The van der Waals surface area contributed by atoms with Crippen molar-refractivity contribution in [2.75, 3.05) is 12.1 Å². The van der Waals surface area contributed by atoms with Crippen molar-refractivity contribution in [2.45, 2.75) is 6.18 Å². The molecule has 0 aliphatic carbocycles. The van der Waals surface area contributed by atoms with Crippen molar-refractivity contribution in [3.05, 3.63) is 34.8 Å². The van der Waals surface area contributed by atoms with E-state index in [1.165, 1.54) is 12.2 Å². The van der Waals surface area contributed by atoms with Crippen molar-refractivity contribution in [3.63, 3.8) is 0 Å². The largest absolute Gasteiger partial charge is 0.454 e. The number of carbonyl (C=O) groups is 1. The summed E-state index contributed by atoms with van der Waals surface area (Å²) in [6.45, 7) is 0.140. The molecule has 0 bridgehead atoms. The van der Waals surface area contributed by atoms with Crippen molar-refractivity contribution < 1.29 is 27.4 Å². The van der Waals surface area contributed by atoms with Gasteiger partial charge in [-0.05, 0) is 23.8 Å². The Morgan fingerprint density at radius 1 is 1.26 bits per heavy atom. The molecule has 2 heterocycles. The Bertz CT molecular complexity index is 773. The molecule has 6 nitrogen and oxygen atoms in total. The second-order valence-corrected chi connectivity index (χ2v) is 5.32. The summed E-state index contributed by atoms with van der Waals surface area (Å²) in [7, 11) is 0. The average Bonchev–Trinajstić information content (AvgIpc) is 3.12. The predicted octanol–water partition coefficient (Wildman–Crippen LogP) is 2.94. The minimum absolute atomic E-state index is 0.140. The Morgan fingerprint density at radius 3 is 2.78 bits per heavy atom. The first-order valence-corrected chi connectivity index (χ1v) is 7.03. The molecule has 0 radical (unpaired) electrons. The summed E-state index contributed by atoms with van der Waals surface area (Å²) in [6, 6.07) is 5.09. The number of nitrogens with zero attached hydrogens (tertiary/aromatic N) is 2. The maximum Gasteiger partial charge on any atom is 0.445 e. The van der Waals surface area contributed by atoms with Gasteiger partial charge < -0.3 is 9.47 Å². The molecular weight excluding hydrogens is 335 g/mol. The molecule has 0 saturated heterocycles. The van der Waals surface area contributed by atoms with Crippen molar-refractivity contribution in [1.29, 1.82) is 0 Å². The molecule has 1 N–H and O–H groups in total. The van der Waals surface area contributed by atoms with Crippen molar-refractivity contribution in [3.8, 4) is 11.5 Å². The van der Waals surface area contributed by atoms with E-state index in [9.17, 15) is 18.0 Å². The zero-order valence-corrected chi connectivity index (χ0v) is 12.1. The highest BCUT2D eigenvalue weighted by Crippen LogP contribution is 2.33. The zero-order chi connectivity index (χ0) is 16.4. The number of benzene rings is 1. The lowest BCUT2D eigenvalue weighted by Gasteiger charge is -1.98. The van der Waals surface area contributed by atoms with Crippen molar-refractivity contribution >= 4 is 28.5 Å². The van der Waals surface area contributed by atoms with Crippen LogP contribution in [0.3, 0.4) is 0 Å². The van der Waals surface area contributed by atoms with E-state index < -0.39 is 17.1 Å². The molecule has 1 aliphatic rings. The molecule has 1 aliphatic heterocycles. The van der Waals surface area contributed by atoms with Crippen LogP contribution < -0.4 is 14.8 Å². The Hall–Kier alpha value is -2.62. The van der Waals surface area contributed by atoms with Crippen LogP contribution in [-0.2, 0) is 11.0 Å². The van der Waals surface area contributed by atoms with Gasteiger partial charge in [0, 0.05) is 6.08 Å². The number of hydrogen-bond acceptors (Lipinski definition) is 6. The van der Waals surface area contributed by atoms with Gasteiger partial charge in [0.2, 0.25) is 22.8 Å². The molecule has 0 atom stereocenters. The second kappa shape index (κ2) is 5.88. The van der Waals surface area contributed by atoms with Crippen molar-refractivity contribution in [1.82, 2.24) is 10.2 Å². The van der Waals surface area contributed by atoms with E-state index in [4.69, 9.17) is 9.47 Å². The van der Waals surface area contributed by atoms with E-state index in [-0.39, 0.29) is 23.3 Å². The summed E-state index contributed by atoms with van der Waals surface area (Å²) in [5.41, 5.74) is 0.678. The number of rotatable bonds is 3. The van der Waals surface area contributed by atoms with Crippen LogP contribution in [0.1, 0.15) is 10.6 Å². The van der Waals surface area contributed by atoms with Gasteiger partial charge in [-0.25, -0.2) is 0 Å². The number of amides is 1. The third kappa shape index (κ3) is 3.59. The maximum atomic E-state index is 12.4. The summed E-state index contributed by atoms with van der Waals surface area (Å²) in [5, 5.41) is 7.12. The highest BCUT2D eigenvalue weighted by Gasteiger charge is 2.35. The second-order valence-electron chi connectivity index (χ2n) is 4.35. The van der Waals surface area contributed by atoms with Gasteiger partial charge in [-0.2, -0.15) is 13.2 Å². The number of halogens is 3. The van der Waals surface area contributed by atoms with Crippen LogP contribution in [0.25, 0.3) is 6.08 Å². The predicted molar refractivity (Wildman–Crippen MR) is 75.1 cm³/mol. The van der Waals surface area contributed by atoms with Gasteiger partial charge in [0.1, 0.15) is 0 Å². The Balaban J connectivity index is 1.64. The SMILES string of the molecule is O=C(C=Cc1ccc2c(c1)OCO2)Nc1nnc(C(F)(F)F)s1. The molecule has 1 amide bonds. The third-order valence-corrected chi connectivity index (χ3v) is 3.60. The van der Waals surface area contributed by atoms with E-state index in [0.717, 1.165) is 0 Å². The van der Waals surface area contributed by atoms with E-state index in [1.807, 2.05) is 0 Å². The quantitative estimate of drug-likeness (QED) is 0.868. The maximum absolute atomic E-state index is 12.4. The van der Waals surface area contributed by atoms with Gasteiger partial charge in [-0.15, -0.1) is 10.2 Å². The Morgan fingerprint density at radius 2 is 2.04 bits per heavy atom. The number of alkyl halides is 3. The van der Waals surface area contributed by atoms with Crippen LogP contribution in [0.15, 0.2) is 24.3 Å². The normalized spacial score (nSPS) is 13.5. The van der Waals surface area contributed by atoms with Crippen LogP contribution in [-0.4, -0.2) is 22.9 Å². The number of nitrogens with one attached hydrogen (secondary N) is 1. The molecule has 0 spiro atoms. The lowest BCUT2D eigenvalue weighted by molar-refractivity contribution is -0.138. The van der Waals surface area contributed by atoms with Gasteiger partial charge in [-0.1, -0.05) is 17.4 Å². The smallest absolute Gasteiger partial charge is 0.445 e. The molecule has 23 heavy (non-hydrogen) atoms. The first kappa shape index (κ1) is 15.3. The number of fused-ring (bicyclic) bond motifs is 1. The van der Waals surface area contributed by atoms with Crippen LogP contribution in [0.4, 0.5) is 18.3 Å². The summed E-state index contributed by atoms with van der Waals surface area (Å²) >= 11 is 0.257. The number of ether oxygens (including phenoxy) is 2. The molecule has 0 fully saturated rings. The van der Waals surface area contributed by atoms with E-state index in [0.29, 0.717) is 17.1 Å². The van der Waals surface area contributed by atoms with Gasteiger partial charge in [0.05, 0.1) is 0 Å². The fraction of sp³-hybridized carbons (Fsp3) is 0.154. The first-order valence-electron chi connectivity index (χ1n) is 6.21. The monoisotopic (exact) mass is 343 g/mol. The summed E-state index contributed by atoms with van der Waals surface area (Å²) < 4.78 is 47.5. The first-order chi connectivity index (χ1) is 10.9. The van der Waals surface area contributed by atoms with Gasteiger partial charge in [0.15, 0.2) is 11.5 Å². The summed E-state index contributed by atoms with van der Waals surface area (Å²) in [5.74, 6) is 0.555. The standard InChI is InChI=1S/C13H8F3N3O3S/c14-13(15,16)11-18-19-12(23-11)17-10(20)4-2-7-1-3-8-9(5-7)22-6-21-8/h1-5H,6H2,(H,17,19,20). The molecule has 0 unspecified atom stereocenters. The average molecular weight is 343 g/mol.